The van der Waals surface area contributed by atoms with Crippen molar-refractivity contribution < 1.29 is 0 Å². The lowest BCUT2D eigenvalue weighted by Gasteiger charge is -2.14. The predicted octanol–water partition coefficient (Wildman–Crippen LogP) is 1.87. The molecule has 2 atom stereocenters. The van der Waals surface area contributed by atoms with E-state index in [-0.39, 0.29) is 6.04 Å². The van der Waals surface area contributed by atoms with E-state index in [2.05, 4.69) is 41.5 Å². The predicted molar refractivity (Wildman–Crippen MR) is 80.0 cm³/mol. The quantitative estimate of drug-likeness (QED) is 0.597. The standard InChI is InChI=1S/C15H23N5/c1-3-12(2)20-8-6-14(19-20)10-15(18-16)9-13-5-4-7-17-11-13/h4-8,11-12,15,18H,3,9-10,16H2,1-2H3. The van der Waals surface area contributed by atoms with E-state index in [9.17, 15) is 0 Å². The number of hydrogen-bond donors (Lipinski definition) is 2. The first kappa shape index (κ1) is 14.7. The largest absolute Gasteiger partial charge is 0.271 e. The Kier molecular flexibility index (Phi) is 5.26. The molecule has 2 aromatic rings. The van der Waals surface area contributed by atoms with Crippen LogP contribution < -0.4 is 11.3 Å². The number of nitrogens with two attached hydrogens (primary N) is 1. The third kappa shape index (κ3) is 3.88. The van der Waals surface area contributed by atoms with Crippen LogP contribution in [0.25, 0.3) is 0 Å². The minimum absolute atomic E-state index is 0.166. The summed E-state index contributed by atoms with van der Waals surface area (Å²) in [6, 6.07) is 6.68. The van der Waals surface area contributed by atoms with Gasteiger partial charge < -0.3 is 0 Å². The molecule has 20 heavy (non-hydrogen) atoms. The van der Waals surface area contributed by atoms with Crippen molar-refractivity contribution in [3.8, 4) is 0 Å². The smallest absolute Gasteiger partial charge is 0.0640 e. The number of hydrogen-bond acceptors (Lipinski definition) is 4. The second-order valence-electron chi connectivity index (χ2n) is 5.18. The molecule has 0 fully saturated rings. The van der Waals surface area contributed by atoms with Gasteiger partial charge in [-0.3, -0.25) is 20.9 Å². The van der Waals surface area contributed by atoms with Gasteiger partial charge in [0.05, 0.1) is 5.69 Å². The zero-order valence-corrected chi connectivity index (χ0v) is 12.2. The fourth-order valence-corrected chi connectivity index (χ4v) is 2.16. The van der Waals surface area contributed by atoms with Crippen LogP contribution in [-0.4, -0.2) is 20.8 Å². The van der Waals surface area contributed by atoms with Crippen LogP contribution in [0.4, 0.5) is 0 Å². The molecule has 108 valence electrons. The van der Waals surface area contributed by atoms with E-state index in [0.717, 1.165) is 25.0 Å². The number of pyridine rings is 1. The summed E-state index contributed by atoms with van der Waals surface area (Å²) >= 11 is 0. The maximum Gasteiger partial charge on any atom is 0.0640 e. The summed E-state index contributed by atoms with van der Waals surface area (Å²) < 4.78 is 2.02. The van der Waals surface area contributed by atoms with Gasteiger partial charge in [0.25, 0.3) is 0 Å². The fourth-order valence-electron chi connectivity index (χ4n) is 2.16. The van der Waals surface area contributed by atoms with E-state index >= 15 is 0 Å². The Morgan fingerprint density at radius 2 is 2.20 bits per heavy atom. The number of aromatic nitrogens is 3. The highest BCUT2D eigenvalue weighted by Crippen LogP contribution is 2.11. The Hall–Kier alpha value is -1.72. The molecule has 2 unspecified atom stereocenters. The maximum absolute atomic E-state index is 5.66. The molecule has 0 spiro atoms. The molecule has 2 aromatic heterocycles. The van der Waals surface area contributed by atoms with E-state index in [1.807, 2.05) is 23.1 Å². The van der Waals surface area contributed by atoms with Crippen molar-refractivity contribution in [3.63, 3.8) is 0 Å². The highest BCUT2D eigenvalue weighted by Gasteiger charge is 2.12. The molecule has 5 heteroatoms. The topological polar surface area (TPSA) is 68.8 Å². The van der Waals surface area contributed by atoms with Gasteiger partial charge in [0.15, 0.2) is 0 Å². The van der Waals surface area contributed by atoms with Crippen LogP contribution in [0.3, 0.4) is 0 Å². The molecule has 5 nitrogen and oxygen atoms in total. The number of nitrogens with one attached hydrogen (secondary N) is 1. The van der Waals surface area contributed by atoms with Crippen molar-refractivity contribution in [3.05, 3.63) is 48.0 Å². The first-order chi connectivity index (χ1) is 9.72. The molecule has 0 aromatic carbocycles. The minimum atomic E-state index is 0.166. The molecule has 0 radical (unpaired) electrons. The zero-order valence-electron chi connectivity index (χ0n) is 12.2. The first-order valence-corrected chi connectivity index (χ1v) is 7.12. The minimum Gasteiger partial charge on any atom is -0.271 e. The highest BCUT2D eigenvalue weighted by atomic mass is 15.3. The molecule has 0 aliphatic carbocycles. The van der Waals surface area contributed by atoms with E-state index in [1.54, 1.807) is 6.20 Å². The van der Waals surface area contributed by atoms with Crippen LogP contribution in [0.1, 0.15) is 37.6 Å². The summed E-state index contributed by atoms with van der Waals surface area (Å²) in [5.41, 5.74) is 5.12. The molecule has 0 aliphatic rings. The van der Waals surface area contributed by atoms with Gasteiger partial charge in [0.2, 0.25) is 0 Å². The van der Waals surface area contributed by atoms with E-state index in [0.29, 0.717) is 6.04 Å². The second-order valence-corrected chi connectivity index (χ2v) is 5.18. The van der Waals surface area contributed by atoms with Gasteiger partial charge >= 0.3 is 0 Å². The Balaban J connectivity index is 1.98. The number of nitrogens with zero attached hydrogens (tertiary/aromatic N) is 3. The normalized spacial score (nSPS) is 14.2. The Labute approximate surface area is 120 Å². The monoisotopic (exact) mass is 273 g/mol. The second kappa shape index (κ2) is 7.17. The molecule has 3 N–H and O–H groups in total. The summed E-state index contributed by atoms with van der Waals surface area (Å²) in [5.74, 6) is 5.66. The summed E-state index contributed by atoms with van der Waals surface area (Å²) in [5, 5.41) is 4.62. The average molecular weight is 273 g/mol. The summed E-state index contributed by atoms with van der Waals surface area (Å²) in [4.78, 5) is 4.13. The first-order valence-electron chi connectivity index (χ1n) is 7.12. The fraction of sp³-hybridized carbons (Fsp3) is 0.467. The lowest BCUT2D eigenvalue weighted by Crippen LogP contribution is -2.38. The molecule has 0 amide bonds. The molecule has 0 saturated carbocycles. The summed E-state index contributed by atoms with van der Waals surface area (Å²) in [6.07, 6.45) is 8.44. The SMILES string of the molecule is CCC(C)n1ccc(CC(Cc2cccnc2)NN)n1. The Morgan fingerprint density at radius 1 is 1.35 bits per heavy atom. The third-order valence-electron chi connectivity index (χ3n) is 3.60. The van der Waals surface area contributed by atoms with Crippen molar-refractivity contribution in [2.24, 2.45) is 5.84 Å². The van der Waals surface area contributed by atoms with Crippen molar-refractivity contribution in [2.45, 2.75) is 45.2 Å². The average Bonchev–Trinajstić information content (AvgIpc) is 2.95. The van der Waals surface area contributed by atoms with Crippen LogP contribution in [-0.2, 0) is 12.8 Å². The summed E-state index contributed by atoms with van der Waals surface area (Å²) in [7, 11) is 0. The lowest BCUT2D eigenvalue weighted by atomic mass is 10.0. The highest BCUT2D eigenvalue weighted by molar-refractivity contribution is 5.12. The number of hydrazine groups is 1. The molecule has 0 aliphatic heterocycles. The van der Waals surface area contributed by atoms with Gasteiger partial charge in [0.1, 0.15) is 0 Å². The van der Waals surface area contributed by atoms with Gasteiger partial charge in [-0.1, -0.05) is 13.0 Å². The number of rotatable bonds is 7. The van der Waals surface area contributed by atoms with Crippen molar-refractivity contribution in [1.29, 1.82) is 0 Å². The Bertz CT molecular complexity index is 508. The molecular formula is C15H23N5. The van der Waals surface area contributed by atoms with E-state index in [1.165, 1.54) is 5.56 Å². The molecule has 2 rings (SSSR count). The molecule has 0 saturated heterocycles. The van der Waals surface area contributed by atoms with Crippen molar-refractivity contribution in [1.82, 2.24) is 20.2 Å². The van der Waals surface area contributed by atoms with Gasteiger partial charge in [-0.25, -0.2) is 0 Å². The lowest BCUT2D eigenvalue weighted by molar-refractivity contribution is 0.464. The van der Waals surface area contributed by atoms with E-state index in [4.69, 9.17) is 5.84 Å². The van der Waals surface area contributed by atoms with Gasteiger partial charge in [-0.05, 0) is 37.5 Å². The summed E-state index contributed by atoms with van der Waals surface area (Å²) in [6.45, 7) is 4.34. The van der Waals surface area contributed by atoms with Crippen LogP contribution in [0.5, 0.6) is 0 Å². The molecule has 0 bridgehead atoms. The Morgan fingerprint density at radius 3 is 2.85 bits per heavy atom. The van der Waals surface area contributed by atoms with Crippen LogP contribution in [0.15, 0.2) is 36.8 Å². The van der Waals surface area contributed by atoms with Crippen molar-refractivity contribution in [2.75, 3.05) is 0 Å². The van der Waals surface area contributed by atoms with Crippen LogP contribution >= 0.6 is 0 Å². The van der Waals surface area contributed by atoms with Crippen molar-refractivity contribution >= 4 is 0 Å². The van der Waals surface area contributed by atoms with Crippen LogP contribution in [0, 0.1) is 0 Å². The van der Waals surface area contributed by atoms with Crippen LogP contribution in [0.2, 0.25) is 0 Å². The molecular weight excluding hydrogens is 250 g/mol. The van der Waals surface area contributed by atoms with Gasteiger partial charge in [-0.2, -0.15) is 5.10 Å². The van der Waals surface area contributed by atoms with Gasteiger partial charge in [-0.15, -0.1) is 0 Å². The molecule has 2 heterocycles. The van der Waals surface area contributed by atoms with Gasteiger partial charge in [0, 0.05) is 37.1 Å². The van der Waals surface area contributed by atoms with E-state index < -0.39 is 0 Å². The third-order valence-corrected chi connectivity index (χ3v) is 3.60. The zero-order chi connectivity index (χ0) is 14.4. The maximum atomic E-state index is 5.66.